The van der Waals surface area contributed by atoms with E-state index in [0.29, 0.717) is 0 Å². The molecule has 0 aliphatic carbocycles. The van der Waals surface area contributed by atoms with Crippen LogP contribution in [0.15, 0.2) is 60.1 Å². The number of rotatable bonds is 7. The molecule has 0 saturated heterocycles. The van der Waals surface area contributed by atoms with E-state index in [2.05, 4.69) is 58.3 Å². The second-order valence-electron chi connectivity index (χ2n) is 6.65. The summed E-state index contributed by atoms with van der Waals surface area (Å²) in [6.45, 7) is 1.51. The van der Waals surface area contributed by atoms with Gasteiger partial charge in [-0.15, -0.1) is 11.3 Å². The monoisotopic (exact) mass is 393 g/mol. The molecule has 2 aromatic heterocycles. The molecule has 5 nitrogen and oxygen atoms in total. The molecule has 4 rings (SSSR count). The first-order valence-corrected chi connectivity index (χ1v) is 9.97. The van der Waals surface area contributed by atoms with E-state index < -0.39 is 0 Å². The molecular weight excluding hydrogens is 370 g/mol. The summed E-state index contributed by atoms with van der Waals surface area (Å²) in [4.78, 5) is 8.16. The number of aromatic nitrogens is 2. The highest BCUT2D eigenvalue weighted by Crippen LogP contribution is 2.32. The molecule has 0 spiro atoms. The number of hydrogen-bond acceptors (Lipinski definition) is 5. The number of ether oxygens (including phenoxy) is 2. The van der Waals surface area contributed by atoms with Gasteiger partial charge in [0.2, 0.25) is 0 Å². The third-order valence-corrected chi connectivity index (χ3v) is 5.51. The van der Waals surface area contributed by atoms with Crippen LogP contribution in [0.5, 0.6) is 11.5 Å². The van der Waals surface area contributed by atoms with Gasteiger partial charge in [-0.25, -0.2) is 4.98 Å². The predicted molar refractivity (Wildman–Crippen MR) is 113 cm³/mol. The fourth-order valence-electron chi connectivity index (χ4n) is 3.49. The second kappa shape index (κ2) is 8.04. The van der Waals surface area contributed by atoms with Crippen LogP contribution in [0.25, 0.3) is 16.2 Å². The van der Waals surface area contributed by atoms with Gasteiger partial charge < -0.3 is 9.47 Å². The summed E-state index contributed by atoms with van der Waals surface area (Å²) in [6.07, 6.45) is 2.09. The maximum absolute atomic E-state index is 5.59. The van der Waals surface area contributed by atoms with E-state index in [0.717, 1.165) is 46.4 Å². The summed E-state index contributed by atoms with van der Waals surface area (Å²) in [5.41, 5.74) is 4.46. The molecule has 28 heavy (non-hydrogen) atoms. The van der Waals surface area contributed by atoms with Gasteiger partial charge in [-0.05, 0) is 13.1 Å². The molecule has 2 heterocycles. The minimum atomic E-state index is 0.742. The van der Waals surface area contributed by atoms with Gasteiger partial charge in [-0.2, -0.15) is 0 Å². The van der Waals surface area contributed by atoms with Crippen molar-refractivity contribution < 1.29 is 9.47 Å². The van der Waals surface area contributed by atoms with Gasteiger partial charge in [0.05, 0.1) is 25.6 Å². The van der Waals surface area contributed by atoms with E-state index in [9.17, 15) is 0 Å². The number of fused-ring (bicyclic) bond motifs is 1. The van der Waals surface area contributed by atoms with E-state index in [1.165, 1.54) is 5.69 Å². The van der Waals surface area contributed by atoms with Crippen LogP contribution in [0.2, 0.25) is 0 Å². The minimum Gasteiger partial charge on any atom is -0.493 e. The van der Waals surface area contributed by atoms with Crippen LogP contribution in [-0.2, 0) is 13.1 Å². The van der Waals surface area contributed by atoms with Gasteiger partial charge in [-0.1, -0.05) is 42.5 Å². The van der Waals surface area contributed by atoms with Crippen molar-refractivity contribution in [2.45, 2.75) is 13.1 Å². The molecule has 144 valence electrons. The van der Waals surface area contributed by atoms with E-state index in [1.807, 2.05) is 18.2 Å². The van der Waals surface area contributed by atoms with Crippen molar-refractivity contribution >= 4 is 16.3 Å². The van der Waals surface area contributed by atoms with Gasteiger partial charge in [0.1, 0.15) is 0 Å². The highest BCUT2D eigenvalue weighted by molar-refractivity contribution is 7.15. The lowest BCUT2D eigenvalue weighted by atomic mass is 10.1. The van der Waals surface area contributed by atoms with Crippen LogP contribution < -0.4 is 9.47 Å². The van der Waals surface area contributed by atoms with Gasteiger partial charge >= 0.3 is 0 Å². The van der Waals surface area contributed by atoms with Gasteiger partial charge in [0.25, 0.3) is 0 Å². The van der Waals surface area contributed by atoms with Crippen molar-refractivity contribution in [1.82, 2.24) is 14.3 Å². The Morgan fingerprint density at radius 2 is 1.82 bits per heavy atom. The van der Waals surface area contributed by atoms with Crippen LogP contribution in [-0.4, -0.2) is 35.6 Å². The molecular formula is C22H23N3O2S. The molecule has 0 saturated carbocycles. The van der Waals surface area contributed by atoms with Gasteiger partial charge in [-0.3, -0.25) is 9.30 Å². The van der Waals surface area contributed by atoms with Crippen LogP contribution in [0.1, 0.15) is 11.3 Å². The minimum absolute atomic E-state index is 0.742. The molecule has 0 bridgehead atoms. The number of methoxy groups -OCH3 is 2. The first-order chi connectivity index (χ1) is 13.7. The van der Waals surface area contributed by atoms with Crippen molar-refractivity contribution in [2.75, 3.05) is 21.3 Å². The zero-order valence-corrected chi connectivity index (χ0v) is 17.1. The topological polar surface area (TPSA) is 39.0 Å². The van der Waals surface area contributed by atoms with Gasteiger partial charge in [0, 0.05) is 35.8 Å². The van der Waals surface area contributed by atoms with Crippen LogP contribution in [0.4, 0.5) is 0 Å². The Kier molecular flexibility index (Phi) is 5.32. The largest absolute Gasteiger partial charge is 0.493 e. The molecule has 0 radical (unpaired) electrons. The summed E-state index contributed by atoms with van der Waals surface area (Å²) >= 11 is 1.66. The quantitative estimate of drug-likeness (QED) is 0.456. The Morgan fingerprint density at radius 3 is 2.57 bits per heavy atom. The van der Waals surface area contributed by atoms with Crippen LogP contribution in [0.3, 0.4) is 0 Å². The third kappa shape index (κ3) is 3.48. The summed E-state index contributed by atoms with van der Waals surface area (Å²) in [6, 6.07) is 16.4. The van der Waals surface area contributed by atoms with Crippen molar-refractivity contribution in [3.05, 3.63) is 71.4 Å². The molecule has 2 aromatic carbocycles. The number of benzene rings is 2. The molecule has 0 aliphatic heterocycles. The van der Waals surface area contributed by atoms with Crippen molar-refractivity contribution in [3.63, 3.8) is 0 Å². The van der Waals surface area contributed by atoms with E-state index in [4.69, 9.17) is 14.5 Å². The standard InChI is InChI=1S/C22H23N3O2S/c1-24(14-17-10-7-11-19(26-2)21(17)27-3)15-18-20(16-8-5-4-6-9-16)23-22-25(18)12-13-28-22/h4-13H,14-15H2,1-3H3. The number of nitrogens with zero attached hydrogens (tertiary/aromatic N) is 3. The maximum atomic E-state index is 5.59. The number of hydrogen-bond donors (Lipinski definition) is 0. The zero-order chi connectivity index (χ0) is 19.5. The fourth-order valence-corrected chi connectivity index (χ4v) is 4.22. The second-order valence-corrected chi connectivity index (χ2v) is 7.53. The first kappa shape index (κ1) is 18.5. The lowest BCUT2D eigenvalue weighted by Gasteiger charge is -2.20. The Morgan fingerprint density at radius 1 is 1.00 bits per heavy atom. The number of para-hydroxylation sites is 1. The predicted octanol–water partition coefficient (Wildman–Crippen LogP) is 4.71. The van der Waals surface area contributed by atoms with Gasteiger partial charge in [0.15, 0.2) is 16.5 Å². The van der Waals surface area contributed by atoms with E-state index >= 15 is 0 Å². The highest BCUT2D eigenvalue weighted by atomic mass is 32.1. The molecule has 0 unspecified atom stereocenters. The first-order valence-electron chi connectivity index (χ1n) is 9.09. The summed E-state index contributed by atoms with van der Waals surface area (Å²) in [5.74, 6) is 1.54. The lowest BCUT2D eigenvalue weighted by Crippen LogP contribution is -2.19. The Balaban J connectivity index is 1.65. The SMILES string of the molecule is COc1cccc(CN(C)Cc2c(-c3ccccc3)nc3sccn23)c1OC. The van der Waals surface area contributed by atoms with Crippen LogP contribution >= 0.6 is 11.3 Å². The van der Waals surface area contributed by atoms with E-state index in [1.54, 1.807) is 25.6 Å². The average Bonchev–Trinajstić information content (AvgIpc) is 3.31. The third-order valence-electron chi connectivity index (χ3n) is 4.75. The Labute approximate surface area is 168 Å². The zero-order valence-electron chi connectivity index (χ0n) is 16.3. The molecule has 0 N–H and O–H groups in total. The van der Waals surface area contributed by atoms with E-state index in [-0.39, 0.29) is 0 Å². The molecule has 0 amide bonds. The lowest BCUT2D eigenvalue weighted by molar-refractivity contribution is 0.300. The smallest absolute Gasteiger partial charge is 0.194 e. The normalized spacial score (nSPS) is 11.3. The Hall–Kier alpha value is -2.83. The summed E-state index contributed by atoms with van der Waals surface area (Å²) in [7, 11) is 5.46. The molecule has 6 heteroatoms. The molecule has 0 aliphatic rings. The maximum Gasteiger partial charge on any atom is 0.194 e. The average molecular weight is 394 g/mol. The number of imidazole rings is 1. The molecule has 4 aromatic rings. The molecule has 0 atom stereocenters. The highest BCUT2D eigenvalue weighted by Gasteiger charge is 2.18. The van der Waals surface area contributed by atoms with Crippen molar-refractivity contribution in [2.24, 2.45) is 0 Å². The summed E-state index contributed by atoms with van der Waals surface area (Å²) in [5, 5.41) is 2.08. The summed E-state index contributed by atoms with van der Waals surface area (Å²) < 4.78 is 13.2. The Bertz CT molecular complexity index is 1070. The van der Waals surface area contributed by atoms with Crippen LogP contribution in [0, 0.1) is 0 Å². The molecule has 0 fully saturated rings. The van der Waals surface area contributed by atoms with Crippen molar-refractivity contribution in [1.29, 1.82) is 0 Å². The van der Waals surface area contributed by atoms with Crippen molar-refractivity contribution in [3.8, 4) is 22.8 Å². The fraction of sp³-hybridized carbons (Fsp3) is 0.227. The number of thiazole rings is 1.